The summed E-state index contributed by atoms with van der Waals surface area (Å²) in [7, 11) is 0. The number of benzene rings is 1. The van der Waals surface area contributed by atoms with Gasteiger partial charge in [0, 0.05) is 12.2 Å². The van der Waals surface area contributed by atoms with Gasteiger partial charge in [0.2, 0.25) is 6.79 Å². The molecule has 2 N–H and O–H groups in total. The number of ether oxygens (including phenoxy) is 2. The highest BCUT2D eigenvalue weighted by molar-refractivity contribution is 5.97. The van der Waals surface area contributed by atoms with Crippen molar-refractivity contribution in [3.63, 3.8) is 0 Å². The summed E-state index contributed by atoms with van der Waals surface area (Å²) in [6.45, 7) is 4.07. The van der Waals surface area contributed by atoms with Crippen molar-refractivity contribution in [2.45, 2.75) is 26.4 Å². The van der Waals surface area contributed by atoms with Gasteiger partial charge in [-0.15, -0.1) is 0 Å². The fourth-order valence-corrected chi connectivity index (χ4v) is 3.78. The third kappa shape index (κ3) is 3.27. The number of pyridine rings is 2. The molecule has 3 aromatic heterocycles. The Hall–Kier alpha value is -4.14. The molecule has 0 fully saturated rings. The van der Waals surface area contributed by atoms with E-state index in [1.54, 1.807) is 35.0 Å². The largest absolute Gasteiger partial charge is 0.454 e. The molecular formula is C23H21N5O4. The first-order chi connectivity index (χ1) is 15.4. The molecule has 9 heteroatoms. The van der Waals surface area contributed by atoms with Gasteiger partial charge in [0.05, 0.1) is 17.5 Å². The topological polar surface area (TPSA) is 111 Å². The number of hydrogen-bond donors (Lipinski definition) is 2. The second-order valence-electron chi connectivity index (χ2n) is 7.89. The number of carbonyl (C=O) groups is 1. The van der Waals surface area contributed by atoms with Gasteiger partial charge in [-0.25, -0.2) is 4.98 Å². The molecule has 162 valence electrons. The second-order valence-corrected chi connectivity index (χ2v) is 7.89. The Balaban J connectivity index is 1.76. The smallest absolute Gasteiger partial charge is 0.267 e. The van der Waals surface area contributed by atoms with Gasteiger partial charge in [-0.3, -0.25) is 19.4 Å². The standard InChI is InChI=1S/C23H21N5O4/c1-13(2)25-22(29)15-10-16-21(26-19-5-3-4-8-27(19)23(16)30)28(20(15)24)11-14-6-7-17-18(9-14)32-12-31-17/h3-10,13,24H,11-12H2,1-2H3,(H,25,29). The molecule has 1 aromatic carbocycles. The van der Waals surface area contributed by atoms with Crippen LogP contribution in [0.2, 0.25) is 0 Å². The number of nitrogens with zero attached hydrogens (tertiary/aromatic N) is 3. The van der Waals surface area contributed by atoms with Crippen molar-refractivity contribution < 1.29 is 14.3 Å². The predicted molar refractivity (Wildman–Crippen MR) is 117 cm³/mol. The van der Waals surface area contributed by atoms with Crippen LogP contribution in [0, 0.1) is 5.41 Å². The van der Waals surface area contributed by atoms with Crippen LogP contribution in [-0.4, -0.2) is 32.7 Å². The van der Waals surface area contributed by atoms with Crippen LogP contribution >= 0.6 is 0 Å². The maximum Gasteiger partial charge on any atom is 0.267 e. The Morgan fingerprint density at radius 3 is 2.81 bits per heavy atom. The Bertz CT molecular complexity index is 1500. The molecule has 4 heterocycles. The number of aromatic nitrogens is 3. The lowest BCUT2D eigenvalue weighted by Gasteiger charge is -2.16. The van der Waals surface area contributed by atoms with Crippen LogP contribution < -0.4 is 25.8 Å². The van der Waals surface area contributed by atoms with Crippen LogP contribution in [0.15, 0.2) is 53.5 Å². The lowest BCUT2D eigenvalue weighted by atomic mass is 10.1. The fraction of sp³-hybridized carbons (Fsp3) is 0.217. The van der Waals surface area contributed by atoms with Gasteiger partial charge in [-0.2, -0.15) is 0 Å². The van der Waals surface area contributed by atoms with Gasteiger partial charge < -0.3 is 19.4 Å². The summed E-state index contributed by atoms with van der Waals surface area (Å²) < 4.78 is 13.9. The van der Waals surface area contributed by atoms with Crippen LogP contribution in [-0.2, 0) is 6.54 Å². The van der Waals surface area contributed by atoms with E-state index in [1.807, 2.05) is 26.0 Å². The minimum Gasteiger partial charge on any atom is -0.454 e. The van der Waals surface area contributed by atoms with Crippen LogP contribution in [0.25, 0.3) is 16.7 Å². The highest BCUT2D eigenvalue weighted by atomic mass is 16.7. The summed E-state index contributed by atoms with van der Waals surface area (Å²) in [5.41, 5.74) is 1.41. The highest BCUT2D eigenvalue weighted by Crippen LogP contribution is 2.32. The van der Waals surface area contributed by atoms with Crippen molar-refractivity contribution in [3.8, 4) is 11.5 Å². The number of nitrogens with one attached hydrogen (secondary N) is 2. The third-order valence-electron chi connectivity index (χ3n) is 5.26. The lowest BCUT2D eigenvalue weighted by Crippen LogP contribution is -2.37. The number of rotatable bonds is 4. The van der Waals surface area contributed by atoms with Crippen molar-refractivity contribution in [1.29, 1.82) is 5.41 Å². The van der Waals surface area contributed by atoms with Crippen LogP contribution in [0.5, 0.6) is 11.5 Å². The Labute approximate surface area is 182 Å². The van der Waals surface area contributed by atoms with Gasteiger partial charge >= 0.3 is 0 Å². The van der Waals surface area contributed by atoms with Crippen molar-refractivity contribution in [3.05, 3.63) is 75.6 Å². The average Bonchev–Trinajstić information content (AvgIpc) is 3.23. The van der Waals surface area contributed by atoms with E-state index in [-0.39, 0.29) is 41.4 Å². The molecule has 5 rings (SSSR count). The molecule has 9 nitrogen and oxygen atoms in total. The van der Waals surface area contributed by atoms with Crippen LogP contribution in [0.1, 0.15) is 29.8 Å². The zero-order valence-corrected chi connectivity index (χ0v) is 17.6. The summed E-state index contributed by atoms with van der Waals surface area (Å²) in [5, 5.41) is 11.9. The molecule has 0 spiro atoms. The molecule has 1 aliphatic heterocycles. The summed E-state index contributed by atoms with van der Waals surface area (Å²) >= 11 is 0. The van der Waals surface area contributed by atoms with E-state index in [4.69, 9.17) is 14.9 Å². The summed E-state index contributed by atoms with van der Waals surface area (Å²) in [6, 6.07) is 12.1. The van der Waals surface area contributed by atoms with Crippen molar-refractivity contribution in [1.82, 2.24) is 19.3 Å². The zero-order chi connectivity index (χ0) is 22.4. The summed E-state index contributed by atoms with van der Waals surface area (Å²) in [5.74, 6) is 0.858. The van der Waals surface area contributed by atoms with Crippen molar-refractivity contribution in [2.24, 2.45) is 0 Å². The number of hydrogen-bond acceptors (Lipinski definition) is 6. The quantitative estimate of drug-likeness (QED) is 0.481. The molecule has 0 bridgehead atoms. The molecule has 0 saturated heterocycles. The summed E-state index contributed by atoms with van der Waals surface area (Å²) in [4.78, 5) is 30.7. The SMILES string of the molecule is CC(C)NC(=O)c1cc2c(=O)n3ccccc3nc2n(Cc2ccc3c(c2)OCO3)c1=N. The first-order valence-corrected chi connectivity index (χ1v) is 10.2. The van der Waals surface area contributed by atoms with Crippen molar-refractivity contribution >= 4 is 22.6 Å². The molecule has 0 radical (unpaired) electrons. The molecule has 1 aliphatic rings. The first-order valence-electron chi connectivity index (χ1n) is 10.2. The Kier molecular flexibility index (Phi) is 4.66. The zero-order valence-electron chi connectivity index (χ0n) is 17.6. The Morgan fingerprint density at radius 1 is 1.19 bits per heavy atom. The maximum atomic E-state index is 13.2. The highest BCUT2D eigenvalue weighted by Gasteiger charge is 2.19. The van der Waals surface area contributed by atoms with E-state index in [2.05, 4.69) is 10.3 Å². The normalized spacial score (nSPS) is 12.6. The molecule has 0 unspecified atom stereocenters. The van der Waals surface area contributed by atoms with E-state index in [9.17, 15) is 9.59 Å². The van der Waals surface area contributed by atoms with Gasteiger partial charge in [-0.1, -0.05) is 12.1 Å². The maximum absolute atomic E-state index is 13.2. The minimum atomic E-state index is -0.413. The molecule has 1 amide bonds. The van der Waals surface area contributed by atoms with Crippen LogP contribution in [0.3, 0.4) is 0 Å². The van der Waals surface area contributed by atoms with E-state index in [0.29, 0.717) is 22.8 Å². The molecule has 32 heavy (non-hydrogen) atoms. The van der Waals surface area contributed by atoms with Gasteiger partial charge in [0.1, 0.15) is 16.8 Å². The van der Waals surface area contributed by atoms with Crippen molar-refractivity contribution in [2.75, 3.05) is 6.79 Å². The predicted octanol–water partition coefficient (Wildman–Crippen LogP) is 2.04. The molecule has 0 aliphatic carbocycles. The minimum absolute atomic E-state index is 0.0273. The van der Waals surface area contributed by atoms with Gasteiger partial charge in [-0.05, 0) is 49.7 Å². The number of carbonyl (C=O) groups excluding carboxylic acids is 1. The van der Waals surface area contributed by atoms with E-state index < -0.39 is 5.91 Å². The molecule has 0 atom stereocenters. The number of amides is 1. The monoisotopic (exact) mass is 431 g/mol. The first kappa shape index (κ1) is 19.8. The van der Waals surface area contributed by atoms with Gasteiger partial charge in [0.15, 0.2) is 11.5 Å². The molecule has 4 aromatic rings. The molecular weight excluding hydrogens is 410 g/mol. The fourth-order valence-electron chi connectivity index (χ4n) is 3.78. The third-order valence-corrected chi connectivity index (χ3v) is 5.26. The van der Waals surface area contributed by atoms with Gasteiger partial charge in [0.25, 0.3) is 11.5 Å². The van der Waals surface area contributed by atoms with E-state index >= 15 is 0 Å². The Morgan fingerprint density at radius 2 is 2.00 bits per heavy atom. The van der Waals surface area contributed by atoms with E-state index in [0.717, 1.165) is 5.56 Å². The molecule has 0 saturated carbocycles. The van der Waals surface area contributed by atoms with E-state index in [1.165, 1.54) is 10.5 Å². The number of fused-ring (bicyclic) bond motifs is 3. The second kappa shape index (κ2) is 7.52. The summed E-state index contributed by atoms with van der Waals surface area (Å²) in [6.07, 6.45) is 1.63. The van der Waals surface area contributed by atoms with Crippen LogP contribution in [0.4, 0.5) is 0 Å². The average molecular weight is 431 g/mol. The lowest BCUT2D eigenvalue weighted by molar-refractivity contribution is 0.0940.